The number of aromatic nitrogens is 3. The molecule has 0 aromatic carbocycles. The van der Waals surface area contributed by atoms with Crippen LogP contribution >= 0.6 is 0 Å². The number of nitrogens with one attached hydrogen (secondary N) is 1. The van der Waals surface area contributed by atoms with Gasteiger partial charge in [0, 0.05) is 38.1 Å². The molecule has 2 aromatic heterocycles. The van der Waals surface area contributed by atoms with E-state index >= 15 is 0 Å². The first-order valence-electron chi connectivity index (χ1n) is 8.43. The summed E-state index contributed by atoms with van der Waals surface area (Å²) in [4.78, 5) is 15.4. The summed E-state index contributed by atoms with van der Waals surface area (Å²) in [6.45, 7) is 2.88. The van der Waals surface area contributed by atoms with Crippen LogP contribution in [-0.4, -0.2) is 34.6 Å². The van der Waals surface area contributed by atoms with Crippen LogP contribution < -0.4 is 10.2 Å². The van der Waals surface area contributed by atoms with Crippen molar-refractivity contribution in [2.24, 2.45) is 0 Å². The molecule has 0 spiro atoms. The van der Waals surface area contributed by atoms with E-state index in [9.17, 15) is 0 Å². The lowest BCUT2D eigenvalue weighted by Crippen LogP contribution is -2.23. The summed E-state index contributed by atoms with van der Waals surface area (Å²) >= 11 is 0. The quantitative estimate of drug-likeness (QED) is 0.888. The van der Waals surface area contributed by atoms with E-state index in [1.807, 2.05) is 19.3 Å². The number of anilines is 2. The number of rotatable bonds is 6. The van der Waals surface area contributed by atoms with Crippen LogP contribution in [0.25, 0.3) is 0 Å². The first kappa shape index (κ1) is 15.7. The van der Waals surface area contributed by atoms with Crippen LogP contribution in [-0.2, 0) is 6.42 Å². The number of nitrogens with zero attached hydrogens (tertiary/aromatic N) is 4. The molecule has 0 radical (unpaired) electrons. The lowest BCUT2D eigenvalue weighted by Gasteiger charge is -2.20. The fourth-order valence-electron chi connectivity index (χ4n) is 3.06. The van der Waals surface area contributed by atoms with Crippen LogP contribution in [0.5, 0.6) is 0 Å². The molecule has 1 aliphatic rings. The van der Waals surface area contributed by atoms with Crippen molar-refractivity contribution < 1.29 is 0 Å². The SMILES string of the molecule is Cc1nc(NC2CCCC2)cc(N(C)CCc2ccncc2)n1. The highest BCUT2D eigenvalue weighted by Gasteiger charge is 2.16. The summed E-state index contributed by atoms with van der Waals surface area (Å²) in [5, 5.41) is 3.56. The molecule has 5 nitrogen and oxygen atoms in total. The first-order chi connectivity index (χ1) is 11.2. The second-order valence-electron chi connectivity index (χ2n) is 6.31. The fraction of sp³-hybridized carbons (Fsp3) is 0.500. The fourth-order valence-corrected chi connectivity index (χ4v) is 3.06. The zero-order chi connectivity index (χ0) is 16.1. The molecule has 2 heterocycles. The number of aryl methyl sites for hydroxylation is 1. The van der Waals surface area contributed by atoms with Crippen LogP contribution in [0.2, 0.25) is 0 Å². The predicted molar refractivity (Wildman–Crippen MR) is 93.9 cm³/mol. The van der Waals surface area contributed by atoms with Crippen molar-refractivity contribution in [2.75, 3.05) is 23.8 Å². The zero-order valence-corrected chi connectivity index (χ0v) is 14.0. The first-order valence-corrected chi connectivity index (χ1v) is 8.43. The van der Waals surface area contributed by atoms with Crippen molar-refractivity contribution in [3.8, 4) is 0 Å². The Morgan fingerprint density at radius 3 is 2.65 bits per heavy atom. The summed E-state index contributed by atoms with van der Waals surface area (Å²) in [7, 11) is 2.09. The van der Waals surface area contributed by atoms with E-state index in [-0.39, 0.29) is 0 Å². The molecule has 0 saturated heterocycles. The second-order valence-corrected chi connectivity index (χ2v) is 6.31. The monoisotopic (exact) mass is 311 g/mol. The Kier molecular flexibility index (Phi) is 5.05. The smallest absolute Gasteiger partial charge is 0.134 e. The van der Waals surface area contributed by atoms with Gasteiger partial charge in [-0.1, -0.05) is 12.8 Å². The minimum Gasteiger partial charge on any atom is -0.367 e. The van der Waals surface area contributed by atoms with E-state index in [1.165, 1.54) is 31.2 Å². The van der Waals surface area contributed by atoms with Gasteiger partial charge in [0.05, 0.1) is 0 Å². The molecule has 0 unspecified atom stereocenters. The molecule has 1 aliphatic carbocycles. The van der Waals surface area contributed by atoms with Crippen molar-refractivity contribution in [2.45, 2.75) is 45.1 Å². The molecule has 1 N–H and O–H groups in total. The number of likely N-dealkylation sites (N-methyl/N-ethyl adjacent to an activating group) is 1. The van der Waals surface area contributed by atoms with Crippen molar-refractivity contribution in [1.29, 1.82) is 0 Å². The van der Waals surface area contributed by atoms with Gasteiger partial charge in [0.25, 0.3) is 0 Å². The third kappa shape index (κ3) is 4.41. The molecule has 1 saturated carbocycles. The van der Waals surface area contributed by atoms with Gasteiger partial charge in [-0.2, -0.15) is 0 Å². The van der Waals surface area contributed by atoms with Crippen molar-refractivity contribution in [3.05, 3.63) is 42.0 Å². The minimum absolute atomic E-state index is 0.569. The van der Waals surface area contributed by atoms with E-state index in [4.69, 9.17) is 0 Å². The predicted octanol–water partition coefficient (Wildman–Crippen LogP) is 3.21. The highest BCUT2D eigenvalue weighted by Crippen LogP contribution is 2.23. The molecule has 3 rings (SSSR count). The normalized spacial score (nSPS) is 14.9. The molecule has 23 heavy (non-hydrogen) atoms. The van der Waals surface area contributed by atoms with Gasteiger partial charge in [-0.05, 0) is 43.9 Å². The van der Waals surface area contributed by atoms with Crippen LogP contribution in [0.1, 0.15) is 37.1 Å². The summed E-state index contributed by atoms with van der Waals surface area (Å²) in [6.07, 6.45) is 9.79. The average Bonchev–Trinajstić information content (AvgIpc) is 3.06. The number of hydrogen-bond acceptors (Lipinski definition) is 5. The van der Waals surface area contributed by atoms with E-state index in [1.54, 1.807) is 0 Å². The van der Waals surface area contributed by atoms with Crippen LogP contribution in [0.3, 0.4) is 0 Å². The molecule has 1 fully saturated rings. The van der Waals surface area contributed by atoms with Crippen LogP contribution in [0, 0.1) is 6.92 Å². The van der Waals surface area contributed by atoms with E-state index in [2.05, 4.69) is 50.4 Å². The standard InChI is InChI=1S/C18H25N5/c1-14-20-17(22-16-5-3-4-6-16)13-18(21-14)23(2)12-9-15-7-10-19-11-8-15/h7-8,10-11,13,16H,3-6,9,12H2,1-2H3,(H,20,21,22). The van der Waals surface area contributed by atoms with Gasteiger partial charge < -0.3 is 10.2 Å². The van der Waals surface area contributed by atoms with E-state index in [0.717, 1.165) is 30.4 Å². The molecule has 0 amide bonds. The highest BCUT2D eigenvalue weighted by molar-refractivity contribution is 5.49. The largest absolute Gasteiger partial charge is 0.367 e. The maximum absolute atomic E-state index is 4.58. The Hall–Kier alpha value is -2.17. The maximum Gasteiger partial charge on any atom is 0.134 e. The second kappa shape index (κ2) is 7.40. The minimum atomic E-state index is 0.569. The lowest BCUT2D eigenvalue weighted by atomic mass is 10.2. The third-order valence-corrected chi connectivity index (χ3v) is 4.41. The summed E-state index contributed by atoms with van der Waals surface area (Å²) in [5.41, 5.74) is 1.29. The molecule has 2 aromatic rings. The zero-order valence-electron chi connectivity index (χ0n) is 14.0. The Bertz CT molecular complexity index is 623. The van der Waals surface area contributed by atoms with Gasteiger partial charge in [-0.25, -0.2) is 9.97 Å². The molecule has 0 atom stereocenters. The Morgan fingerprint density at radius 1 is 1.17 bits per heavy atom. The highest BCUT2D eigenvalue weighted by atomic mass is 15.2. The Labute approximate surface area is 138 Å². The van der Waals surface area contributed by atoms with Crippen molar-refractivity contribution >= 4 is 11.6 Å². The summed E-state index contributed by atoms with van der Waals surface area (Å²) in [5.74, 6) is 2.75. The summed E-state index contributed by atoms with van der Waals surface area (Å²) < 4.78 is 0. The molecular formula is C18H25N5. The Morgan fingerprint density at radius 2 is 1.91 bits per heavy atom. The van der Waals surface area contributed by atoms with Gasteiger partial charge in [-0.3, -0.25) is 4.98 Å². The van der Waals surface area contributed by atoms with Crippen molar-refractivity contribution in [3.63, 3.8) is 0 Å². The van der Waals surface area contributed by atoms with Crippen LogP contribution in [0.15, 0.2) is 30.6 Å². The molecular weight excluding hydrogens is 286 g/mol. The Balaban J connectivity index is 1.64. The average molecular weight is 311 g/mol. The molecule has 5 heteroatoms. The molecule has 0 aliphatic heterocycles. The molecule has 0 bridgehead atoms. The summed E-state index contributed by atoms with van der Waals surface area (Å²) in [6, 6.07) is 6.76. The third-order valence-electron chi connectivity index (χ3n) is 4.41. The number of pyridine rings is 1. The number of hydrogen-bond donors (Lipinski definition) is 1. The van der Waals surface area contributed by atoms with Gasteiger partial charge >= 0.3 is 0 Å². The van der Waals surface area contributed by atoms with Gasteiger partial charge in [0.1, 0.15) is 17.5 Å². The van der Waals surface area contributed by atoms with E-state index < -0.39 is 0 Å². The van der Waals surface area contributed by atoms with Crippen LogP contribution in [0.4, 0.5) is 11.6 Å². The maximum atomic E-state index is 4.58. The van der Waals surface area contributed by atoms with Crippen molar-refractivity contribution in [1.82, 2.24) is 15.0 Å². The van der Waals surface area contributed by atoms with Gasteiger partial charge in [-0.15, -0.1) is 0 Å². The van der Waals surface area contributed by atoms with E-state index in [0.29, 0.717) is 6.04 Å². The lowest BCUT2D eigenvalue weighted by molar-refractivity contribution is 0.747. The van der Waals surface area contributed by atoms with Gasteiger partial charge in [0.2, 0.25) is 0 Å². The topological polar surface area (TPSA) is 53.9 Å². The van der Waals surface area contributed by atoms with Gasteiger partial charge in [0.15, 0.2) is 0 Å². The molecule has 122 valence electrons.